The fraction of sp³-hybridized carbons (Fsp3) is 0.333. The zero-order valence-corrected chi connectivity index (χ0v) is 12.8. The molecule has 2 heterocycles. The van der Waals surface area contributed by atoms with E-state index in [1.165, 1.54) is 16.0 Å². The summed E-state index contributed by atoms with van der Waals surface area (Å²) >= 11 is 1.76. The Bertz CT molecular complexity index is 638. The number of benzene rings is 1. The van der Waals surface area contributed by atoms with Gasteiger partial charge in [-0.2, -0.15) is 0 Å². The number of hydrogen-bond acceptors (Lipinski definition) is 3. The van der Waals surface area contributed by atoms with Gasteiger partial charge in [0.25, 0.3) is 0 Å². The third-order valence-corrected chi connectivity index (χ3v) is 4.83. The van der Waals surface area contributed by atoms with Gasteiger partial charge in [0.2, 0.25) is 0 Å². The van der Waals surface area contributed by atoms with E-state index in [1.54, 1.807) is 11.3 Å². The molecule has 0 atom stereocenters. The number of aliphatic hydroxyl groups excluding tert-OH is 1. The van der Waals surface area contributed by atoms with Crippen LogP contribution in [0.5, 0.6) is 0 Å². The maximum absolute atomic E-state index is 8.83. The minimum Gasteiger partial charge on any atom is -0.384 e. The first-order chi connectivity index (χ1) is 10.4. The van der Waals surface area contributed by atoms with E-state index in [1.807, 2.05) is 0 Å². The van der Waals surface area contributed by atoms with Gasteiger partial charge in [-0.05, 0) is 35.4 Å². The normalized spacial score (nSPS) is 14.9. The Kier molecular flexibility index (Phi) is 4.72. The molecule has 1 aliphatic rings. The van der Waals surface area contributed by atoms with Crippen LogP contribution in [-0.2, 0) is 19.4 Å². The van der Waals surface area contributed by atoms with E-state index < -0.39 is 0 Å². The third kappa shape index (κ3) is 3.54. The van der Waals surface area contributed by atoms with Crippen LogP contribution >= 0.6 is 11.3 Å². The molecule has 1 aromatic carbocycles. The van der Waals surface area contributed by atoms with Crippen LogP contribution in [0.15, 0.2) is 35.7 Å². The molecular weight excluding hydrogens is 278 g/mol. The lowest BCUT2D eigenvalue weighted by molar-refractivity contribution is 0.281. The first kappa shape index (κ1) is 14.3. The first-order valence-corrected chi connectivity index (χ1v) is 8.20. The highest BCUT2D eigenvalue weighted by molar-refractivity contribution is 7.10. The molecular formula is C18H19NOS. The summed E-state index contributed by atoms with van der Waals surface area (Å²) < 4.78 is 0. The van der Waals surface area contributed by atoms with Crippen molar-refractivity contribution in [3.63, 3.8) is 0 Å². The van der Waals surface area contributed by atoms with E-state index in [0.717, 1.165) is 38.0 Å². The van der Waals surface area contributed by atoms with Crippen LogP contribution in [0.2, 0.25) is 0 Å². The molecule has 0 aliphatic carbocycles. The molecule has 21 heavy (non-hydrogen) atoms. The molecule has 0 amide bonds. The summed E-state index contributed by atoms with van der Waals surface area (Å²) in [6.45, 7) is 3.08. The SMILES string of the molecule is OCC#Cc1ccsc1CN1CCc2ccccc2CC1. The van der Waals surface area contributed by atoms with Gasteiger partial charge in [-0.25, -0.2) is 0 Å². The summed E-state index contributed by atoms with van der Waals surface area (Å²) in [5.41, 5.74) is 4.05. The van der Waals surface area contributed by atoms with Gasteiger partial charge < -0.3 is 5.11 Å². The Balaban J connectivity index is 1.69. The number of aliphatic hydroxyl groups is 1. The van der Waals surface area contributed by atoms with Crippen molar-refractivity contribution in [1.29, 1.82) is 0 Å². The Hall–Kier alpha value is -1.60. The Morgan fingerprint density at radius 1 is 1.10 bits per heavy atom. The van der Waals surface area contributed by atoms with Gasteiger partial charge in [-0.3, -0.25) is 4.90 Å². The lowest BCUT2D eigenvalue weighted by Gasteiger charge is -2.19. The predicted molar refractivity (Wildman–Crippen MR) is 87.4 cm³/mol. The maximum atomic E-state index is 8.83. The molecule has 0 saturated heterocycles. The first-order valence-electron chi connectivity index (χ1n) is 7.32. The van der Waals surface area contributed by atoms with Gasteiger partial charge in [0.1, 0.15) is 6.61 Å². The molecule has 0 bridgehead atoms. The molecule has 3 rings (SSSR count). The van der Waals surface area contributed by atoms with Gasteiger partial charge >= 0.3 is 0 Å². The Morgan fingerprint density at radius 3 is 2.48 bits per heavy atom. The second-order valence-corrected chi connectivity index (χ2v) is 6.26. The van der Waals surface area contributed by atoms with Crippen molar-refractivity contribution in [3.05, 3.63) is 57.3 Å². The molecule has 2 nitrogen and oxygen atoms in total. The molecule has 0 unspecified atom stereocenters. The summed E-state index contributed by atoms with van der Waals surface area (Å²) in [5, 5.41) is 10.9. The van der Waals surface area contributed by atoms with Crippen molar-refractivity contribution in [2.24, 2.45) is 0 Å². The van der Waals surface area contributed by atoms with Crippen molar-refractivity contribution in [1.82, 2.24) is 4.90 Å². The molecule has 0 radical (unpaired) electrons. The fourth-order valence-electron chi connectivity index (χ4n) is 2.78. The summed E-state index contributed by atoms with van der Waals surface area (Å²) in [6, 6.07) is 10.8. The van der Waals surface area contributed by atoms with Crippen molar-refractivity contribution in [3.8, 4) is 11.8 Å². The van der Waals surface area contributed by atoms with E-state index >= 15 is 0 Å². The maximum Gasteiger partial charge on any atom is 0.104 e. The second kappa shape index (κ2) is 6.91. The zero-order valence-electron chi connectivity index (χ0n) is 12.0. The highest BCUT2D eigenvalue weighted by atomic mass is 32.1. The quantitative estimate of drug-likeness (QED) is 0.862. The molecule has 0 fully saturated rings. The summed E-state index contributed by atoms with van der Waals surface area (Å²) in [4.78, 5) is 3.82. The summed E-state index contributed by atoms with van der Waals surface area (Å²) in [6.07, 6.45) is 2.25. The molecule has 1 aliphatic heterocycles. The van der Waals surface area contributed by atoms with Crippen LogP contribution < -0.4 is 0 Å². The Labute approximate surface area is 130 Å². The molecule has 2 aromatic rings. The largest absolute Gasteiger partial charge is 0.384 e. The number of thiophene rings is 1. The predicted octanol–water partition coefficient (Wildman–Crippen LogP) is 2.69. The van der Waals surface area contributed by atoms with Gasteiger partial charge in [-0.1, -0.05) is 36.1 Å². The van der Waals surface area contributed by atoms with E-state index in [2.05, 4.69) is 52.5 Å². The molecule has 1 aromatic heterocycles. The molecule has 3 heteroatoms. The lowest BCUT2D eigenvalue weighted by Crippen LogP contribution is -2.25. The number of nitrogens with zero attached hydrogens (tertiary/aromatic N) is 1. The summed E-state index contributed by atoms with van der Waals surface area (Å²) in [7, 11) is 0. The third-order valence-electron chi connectivity index (χ3n) is 3.93. The van der Waals surface area contributed by atoms with Crippen LogP contribution in [0.1, 0.15) is 21.6 Å². The second-order valence-electron chi connectivity index (χ2n) is 5.26. The van der Waals surface area contributed by atoms with Crippen LogP contribution in [0.3, 0.4) is 0 Å². The van der Waals surface area contributed by atoms with Crippen molar-refractivity contribution < 1.29 is 5.11 Å². The summed E-state index contributed by atoms with van der Waals surface area (Å²) in [5.74, 6) is 5.80. The van der Waals surface area contributed by atoms with E-state index in [0.29, 0.717) is 0 Å². The minimum atomic E-state index is -0.0751. The smallest absolute Gasteiger partial charge is 0.104 e. The van der Waals surface area contributed by atoms with Crippen LogP contribution in [0.4, 0.5) is 0 Å². The molecule has 0 saturated carbocycles. The average molecular weight is 297 g/mol. The van der Waals surface area contributed by atoms with Crippen LogP contribution in [-0.4, -0.2) is 29.7 Å². The van der Waals surface area contributed by atoms with E-state index in [9.17, 15) is 0 Å². The minimum absolute atomic E-state index is 0.0751. The van der Waals surface area contributed by atoms with Crippen LogP contribution in [0.25, 0.3) is 0 Å². The zero-order chi connectivity index (χ0) is 14.5. The lowest BCUT2D eigenvalue weighted by atomic mass is 10.0. The highest BCUT2D eigenvalue weighted by Crippen LogP contribution is 2.21. The van der Waals surface area contributed by atoms with Crippen LogP contribution in [0, 0.1) is 11.8 Å². The van der Waals surface area contributed by atoms with E-state index in [4.69, 9.17) is 5.11 Å². The van der Waals surface area contributed by atoms with Crippen molar-refractivity contribution in [2.45, 2.75) is 19.4 Å². The highest BCUT2D eigenvalue weighted by Gasteiger charge is 2.15. The number of hydrogen-bond donors (Lipinski definition) is 1. The van der Waals surface area contributed by atoms with Gasteiger partial charge in [-0.15, -0.1) is 11.3 Å². The van der Waals surface area contributed by atoms with Crippen molar-refractivity contribution >= 4 is 11.3 Å². The van der Waals surface area contributed by atoms with E-state index in [-0.39, 0.29) is 6.61 Å². The molecule has 108 valence electrons. The standard InChI is InChI=1S/C18H19NOS/c20-12-3-6-17-9-13-21-18(17)14-19-10-7-15-4-1-2-5-16(15)8-11-19/h1-2,4-5,9,13,20H,7-8,10-12,14H2. The molecule has 0 spiro atoms. The number of rotatable bonds is 2. The van der Waals surface area contributed by atoms with Crippen molar-refractivity contribution in [2.75, 3.05) is 19.7 Å². The number of fused-ring (bicyclic) bond motifs is 1. The van der Waals surface area contributed by atoms with Gasteiger partial charge in [0.05, 0.1) is 0 Å². The Morgan fingerprint density at radius 2 is 1.81 bits per heavy atom. The topological polar surface area (TPSA) is 23.5 Å². The van der Waals surface area contributed by atoms with Gasteiger partial charge in [0.15, 0.2) is 0 Å². The monoisotopic (exact) mass is 297 g/mol. The van der Waals surface area contributed by atoms with Gasteiger partial charge in [0, 0.05) is 30.1 Å². The fourth-order valence-corrected chi connectivity index (χ4v) is 3.66. The molecule has 1 N–H and O–H groups in total. The average Bonchev–Trinajstić information content (AvgIpc) is 2.85.